The first-order chi connectivity index (χ1) is 7.90. The molecule has 0 spiro atoms. The monoisotopic (exact) mass is 217 g/mol. The minimum atomic E-state index is 0.517. The highest BCUT2D eigenvalue weighted by molar-refractivity contribution is 5.52. The average Bonchev–Trinajstić information content (AvgIpc) is 2.38. The summed E-state index contributed by atoms with van der Waals surface area (Å²) in [5.41, 5.74) is 5.23. The second kappa shape index (κ2) is 5.18. The Morgan fingerprint density at radius 2 is 2.00 bits per heavy atom. The van der Waals surface area contributed by atoms with Gasteiger partial charge in [-0.1, -0.05) is 6.07 Å². The van der Waals surface area contributed by atoms with Gasteiger partial charge in [0.25, 0.3) is 0 Å². The third kappa shape index (κ3) is 2.52. The summed E-state index contributed by atoms with van der Waals surface area (Å²) in [5, 5.41) is 8.00. The van der Waals surface area contributed by atoms with Gasteiger partial charge in [-0.25, -0.2) is 0 Å². The van der Waals surface area contributed by atoms with Crippen molar-refractivity contribution in [1.82, 2.24) is 15.2 Å². The van der Waals surface area contributed by atoms with Crippen LogP contribution in [0.25, 0.3) is 11.4 Å². The molecule has 0 aliphatic carbocycles. The van der Waals surface area contributed by atoms with Crippen LogP contribution in [0.1, 0.15) is 0 Å². The zero-order valence-electron chi connectivity index (χ0n) is 8.84. The number of rotatable bonds is 4. The van der Waals surface area contributed by atoms with Crippen LogP contribution in [0.15, 0.2) is 36.5 Å². The smallest absolute Gasteiger partial charge is 0.233 e. The lowest BCUT2D eigenvalue weighted by molar-refractivity contribution is -0.371. The third-order valence-electron chi connectivity index (χ3n) is 1.96. The second-order valence-electron chi connectivity index (χ2n) is 3.17. The molecule has 0 aliphatic heterocycles. The number of nitrogens with zero attached hydrogens (tertiary/aromatic N) is 3. The van der Waals surface area contributed by atoms with Crippen LogP contribution in [-0.4, -0.2) is 28.3 Å². The summed E-state index contributed by atoms with van der Waals surface area (Å²) in [6.07, 6.45) is 1.73. The molecule has 2 aromatic rings. The normalized spacial score (nSPS) is 10.1. The molecule has 0 atom stereocenters. The summed E-state index contributed by atoms with van der Waals surface area (Å²) in [6, 6.07) is 9.29. The Balaban J connectivity index is 2.13. The Labute approximate surface area is 93.3 Å². The molecule has 0 aliphatic rings. The van der Waals surface area contributed by atoms with E-state index in [1.165, 1.54) is 0 Å². The van der Waals surface area contributed by atoms with E-state index >= 15 is 0 Å². The SMILES string of the molecule is [NH3+]CCOc1ccc(-c2ccccn2)nn1. The van der Waals surface area contributed by atoms with Crippen molar-refractivity contribution in [3.05, 3.63) is 36.5 Å². The highest BCUT2D eigenvalue weighted by atomic mass is 16.5. The van der Waals surface area contributed by atoms with Gasteiger partial charge in [-0.3, -0.25) is 4.98 Å². The molecule has 0 aromatic carbocycles. The molecule has 0 radical (unpaired) electrons. The Hall–Kier alpha value is -2.01. The second-order valence-corrected chi connectivity index (χ2v) is 3.17. The summed E-state index contributed by atoms with van der Waals surface area (Å²) < 4.78 is 5.29. The van der Waals surface area contributed by atoms with Gasteiger partial charge in [-0.15, -0.1) is 10.2 Å². The van der Waals surface area contributed by atoms with Crippen molar-refractivity contribution in [3.63, 3.8) is 0 Å². The molecule has 3 N–H and O–H groups in total. The van der Waals surface area contributed by atoms with Gasteiger partial charge >= 0.3 is 0 Å². The van der Waals surface area contributed by atoms with E-state index in [0.717, 1.165) is 11.4 Å². The van der Waals surface area contributed by atoms with E-state index in [4.69, 9.17) is 4.74 Å². The molecule has 2 aromatic heterocycles. The molecule has 0 saturated carbocycles. The van der Waals surface area contributed by atoms with E-state index in [-0.39, 0.29) is 0 Å². The third-order valence-corrected chi connectivity index (χ3v) is 1.96. The van der Waals surface area contributed by atoms with Crippen molar-refractivity contribution in [2.75, 3.05) is 13.2 Å². The van der Waals surface area contributed by atoms with Crippen LogP contribution < -0.4 is 10.5 Å². The van der Waals surface area contributed by atoms with Gasteiger partial charge in [0, 0.05) is 12.3 Å². The highest BCUT2D eigenvalue weighted by Crippen LogP contribution is 2.14. The maximum atomic E-state index is 5.29. The summed E-state index contributed by atoms with van der Waals surface area (Å²) in [7, 11) is 0. The fourth-order valence-corrected chi connectivity index (χ4v) is 1.22. The van der Waals surface area contributed by atoms with Gasteiger partial charge in [0.05, 0.1) is 5.69 Å². The molecule has 0 bridgehead atoms. The summed E-state index contributed by atoms with van der Waals surface area (Å²) in [4.78, 5) is 4.19. The molecule has 2 rings (SSSR count). The first kappa shape index (κ1) is 10.5. The Bertz CT molecular complexity index is 429. The summed E-state index contributed by atoms with van der Waals surface area (Å²) in [5.74, 6) is 0.517. The fraction of sp³-hybridized carbons (Fsp3) is 0.182. The summed E-state index contributed by atoms with van der Waals surface area (Å²) in [6.45, 7) is 1.27. The van der Waals surface area contributed by atoms with E-state index in [1.807, 2.05) is 24.3 Å². The number of quaternary nitrogens is 1. The molecule has 5 nitrogen and oxygen atoms in total. The van der Waals surface area contributed by atoms with Gasteiger partial charge in [0.2, 0.25) is 5.88 Å². The van der Waals surface area contributed by atoms with E-state index < -0.39 is 0 Å². The number of hydrogen-bond acceptors (Lipinski definition) is 4. The summed E-state index contributed by atoms with van der Waals surface area (Å²) >= 11 is 0. The molecule has 0 fully saturated rings. The van der Waals surface area contributed by atoms with Crippen molar-refractivity contribution in [2.45, 2.75) is 0 Å². The van der Waals surface area contributed by atoms with Crippen molar-refractivity contribution in [1.29, 1.82) is 0 Å². The van der Waals surface area contributed by atoms with Crippen LogP contribution >= 0.6 is 0 Å². The van der Waals surface area contributed by atoms with Gasteiger partial charge in [0.1, 0.15) is 18.8 Å². The lowest BCUT2D eigenvalue weighted by atomic mass is 10.2. The standard InChI is InChI=1S/C11H12N4O/c12-6-8-16-11-5-4-10(14-15-11)9-3-1-2-7-13-9/h1-5,7H,6,8,12H2/p+1. The minimum absolute atomic E-state index is 0.517. The molecular weight excluding hydrogens is 204 g/mol. The first-order valence-corrected chi connectivity index (χ1v) is 5.07. The Kier molecular flexibility index (Phi) is 3.40. The van der Waals surface area contributed by atoms with E-state index in [0.29, 0.717) is 19.0 Å². The molecule has 82 valence electrons. The van der Waals surface area contributed by atoms with Gasteiger partial charge in [0.15, 0.2) is 0 Å². The fourth-order valence-electron chi connectivity index (χ4n) is 1.22. The van der Waals surface area contributed by atoms with Crippen LogP contribution in [0.2, 0.25) is 0 Å². The van der Waals surface area contributed by atoms with Gasteiger partial charge in [-0.2, -0.15) is 0 Å². The van der Waals surface area contributed by atoms with Crippen molar-refractivity contribution >= 4 is 0 Å². The quantitative estimate of drug-likeness (QED) is 0.791. The van der Waals surface area contributed by atoms with Crippen LogP contribution in [0.4, 0.5) is 0 Å². The van der Waals surface area contributed by atoms with Crippen LogP contribution in [0.5, 0.6) is 5.88 Å². The van der Waals surface area contributed by atoms with Gasteiger partial charge < -0.3 is 10.5 Å². The number of aromatic nitrogens is 3. The topological polar surface area (TPSA) is 75.5 Å². The Morgan fingerprint density at radius 3 is 2.62 bits per heavy atom. The average molecular weight is 217 g/mol. The predicted molar refractivity (Wildman–Crippen MR) is 58.5 cm³/mol. The molecule has 2 heterocycles. The van der Waals surface area contributed by atoms with Crippen LogP contribution in [0, 0.1) is 0 Å². The Morgan fingerprint density at radius 1 is 1.06 bits per heavy atom. The minimum Gasteiger partial charge on any atom is -0.471 e. The van der Waals surface area contributed by atoms with E-state index in [2.05, 4.69) is 20.9 Å². The molecular formula is C11H13N4O+. The van der Waals surface area contributed by atoms with E-state index in [1.54, 1.807) is 12.3 Å². The zero-order chi connectivity index (χ0) is 11.2. The largest absolute Gasteiger partial charge is 0.471 e. The van der Waals surface area contributed by atoms with Crippen molar-refractivity contribution in [2.24, 2.45) is 0 Å². The number of ether oxygens (including phenoxy) is 1. The number of pyridine rings is 1. The van der Waals surface area contributed by atoms with Gasteiger partial charge in [-0.05, 0) is 18.2 Å². The lowest BCUT2D eigenvalue weighted by Crippen LogP contribution is -2.52. The maximum Gasteiger partial charge on any atom is 0.233 e. The van der Waals surface area contributed by atoms with E-state index in [9.17, 15) is 0 Å². The number of hydrogen-bond donors (Lipinski definition) is 1. The highest BCUT2D eigenvalue weighted by Gasteiger charge is 2.01. The molecule has 0 unspecified atom stereocenters. The van der Waals surface area contributed by atoms with Crippen molar-refractivity contribution < 1.29 is 10.5 Å². The first-order valence-electron chi connectivity index (χ1n) is 5.07. The maximum absolute atomic E-state index is 5.29. The molecule has 5 heteroatoms. The molecule has 0 amide bonds. The predicted octanol–water partition coefficient (Wildman–Crippen LogP) is 0.159. The molecule has 16 heavy (non-hydrogen) atoms. The zero-order valence-corrected chi connectivity index (χ0v) is 8.84. The van der Waals surface area contributed by atoms with Crippen molar-refractivity contribution in [3.8, 4) is 17.3 Å². The lowest BCUT2D eigenvalue weighted by Gasteiger charge is -2.02. The van der Waals surface area contributed by atoms with Crippen LogP contribution in [0.3, 0.4) is 0 Å². The molecule has 0 saturated heterocycles. The van der Waals surface area contributed by atoms with Crippen LogP contribution in [-0.2, 0) is 0 Å².